The highest BCUT2D eigenvalue weighted by atomic mass is 35.5. The van der Waals surface area contributed by atoms with Crippen molar-refractivity contribution in [2.45, 2.75) is 12.2 Å². The number of azo groups is 1. The molecule has 5 nitrogen and oxygen atoms in total. The summed E-state index contributed by atoms with van der Waals surface area (Å²) in [5.74, 6) is -2.32. The lowest BCUT2D eigenvalue weighted by atomic mass is 10.1. The SMILES string of the molecule is O=C1[C@H]2CN=N[C@@H]2C(=O)N1c1ccc(Cl)cc1C(F)(F)F. The molecular formula is C12H7ClF3N3O2. The van der Waals surface area contributed by atoms with Crippen molar-refractivity contribution in [3.05, 3.63) is 28.8 Å². The number of halogens is 4. The van der Waals surface area contributed by atoms with Gasteiger partial charge in [0.1, 0.15) is 0 Å². The molecule has 0 saturated carbocycles. The zero-order valence-corrected chi connectivity index (χ0v) is 11.0. The second-order valence-corrected chi connectivity index (χ2v) is 5.10. The van der Waals surface area contributed by atoms with Crippen LogP contribution in [0.25, 0.3) is 0 Å². The van der Waals surface area contributed by atoms with Crippen LogP contribution in [0.3, 0.4) is 0 Å². The van der Waals surface area contributed by atoms with Crippen molar-refractivity contribution in [2.24, 2.45) is 16.1 Å². The Hall–Kier alpha value is -1.96. The van der Waals surface area contributed by atoms with Gasteiger partial charge >= 0.3 is 6.18 Å². The van der Waals surface area contributed by atoms with Gasteiger partial charge in [-0.05, 0) is 18.2 Å². The average Bonchev–Trinajstić information content (AvgIpc) is 2.95. The molecule has 2 heterocycles. The van der Waals surface area contributed by atoms with Crippen molar-refractivity contribution in [3.63, 3.8) is 0 Å². The predicted octanol–water partition coefficient (Wildman–Crippen LogP) is 2.68. The van der Waals surface area contributed by atoms with Crippen LogP contribution >= 0.6 is 11.6 Å². The molecule has 1 aromatic rings. The number of rotatable bonds is 1. The van der Waals surface area contributed by atoms with E-state index in [2.05, 4.69) is 10.2 Å². The number of benzene rings is 1. The topological polar surface area (TPSA) is 62.1 Å². The number of fused-ring (bicyclic) bond motifs is 1. The molecule has 2 amide bonds. The van der Waals surface area contributed by atoms with Gasteiger partial charge in [0.2, 0.25) is 5.91 Å². The molecule has 21 heavy (non-hydrogen) atoms. The zero-order valence-electron chi connectivity index (χ0n) is 10.3. The van der Waals surface area contributed by atoms with Crippen molar-refractivity contribution in [3.8, 4) is 0 Å². The van der Waals surface area contributed by atoms with Gasteiger partial charge in [0.15, 0.2) is 6.04 Å². The minimum absolute atomic E-state index is 0.0146. The fourth-order valence-corrected chi connectivity index (χ4v) is 2.58. The predicted molar refractivity (Wildman–Crippen MR) is 65.9 cm³/mol. The maximum atomic E-state index is 13.1. The van der Waals surface area contributed by atoms with E-state index in [-0.39, 0.29) is 11.6 Å². The molecule has 0 unspecified atom stereocenters. The number of alkyl halides is 3. The lowest BCUT2D eigenvalue weighted by Crippen LogP contribution is -2.33. The van der Waals surface area contributed by atoms with Crippen LogP contribution in [0.1, 0.15) is 5.56 Å². The van der Waals surface area contributed by atoms with Crippen molar-refractivity contribution in [1.82, 2.24) is 0 Å². The molecule has 0 aliphatic carbocycles. The lowest BCUT2D eigenvalue weighted by molar-refractivity contribution is -0.137. The Kier molecular flexibility index (Phi) is 3.01. The molecule has 2 aliphatic rings. The van der Waals surface area contributed by atoms with E-state index in [0.717, 1.165) is 6.07 Å². The summed E-state index contributed by atoms with van der Waals surface area (Å²) < 4.78 is 39.2. The van der Waals surface area contributed by atoms with E-state index >= 15 is 0 Å². The molecule has 0 bridgehead atoms. The monoisotopic (exact) mass is 317 g/mol. The molecule has 1 saturated heterocycles. The molecule has 0 N–H and O–H groups in total. The van der Waals surface area contributed by atoms with Gasteiger partial charge in [0.25, 0.3) is 5.91 Å². The Labute approximate surface area is 121 Å². The fraction of sp³-hybridized carbons (Fsp3) is 0.333. The Balaban J connectivity index is 2.11. The third-order valence-electron chi connectivity index (χ3n) is 3.38. The summed E-state index contributed by atoms with van der Waals surface area (Å²) in [6.45, 7) is 0.0146. The minimum atomic E-state index is -4.74. The molecule has 2 aliphatic heterocycles. The van der Waals surface area contributed by atoms with E-state index in [9.17, 15) is 22.8 Å². The van der Waals surface area contributed by atoms with Gasteiger partial charge in [-0.15, -0.1) is 0 Å². The minimum Gasteiger partial charge on any atom is -0.274 e. The Bertz CT molecular complexity index is 674. The molecule has 0 radical (unpaired) electrons. The zero-order chi connectivity index (χ0) is 15.4. The summed E-state index contributed by atoms with van der Waals surface area (Å²) in [6.07, 6.45) is -4.74. The van der Waals surface area contributed by atoms with Crippen LogP contribution in [0.4, 0.5) is 18.9 Å². The summed E-state index contributed by atoms with van der Waals surface area (Å²) in [5.41, 5.74) is -1.65. The van der Waals surface area contributed by atoms with Gasteiger partial charge in [-0.25, -0.2) is 4.90 Å². The lowest BCUT2D eigenvalue weighted by Gasteiger charge is -2.20. The van der Waals surface area contributed by atoms with Crippen LogP contribution in [-0.2, 0) is 15.8 Å². The van der Waals surface area contributed by atoms with Gasteiger partial charge in [-0.2, -0.15) is 23.4 Å². The normalized spacial score (nSPS) is 24.9. The van der Waals surface area contributed by atoms with Crippen LogP contribution in [0.5, 0.6) is 0 Å². The first kappa shape index (κ1) is 14.0. The van der Waals surface area contributed by atoms with Gasteiger partial charge in [0, 0.05) is 5.02 Å². The van der Waals surface area contributed by atoms with Gasteiger partial charge in [0.05, 0.1) is 23.7 Å². The van der Waals surface area contributed by atoms with Crippen molar-refractivity contribution < 1.29 is 22.8 Å². The highest BCUT2D eigenvalue weighted by Crippen LogP contribution is 2.41. The van der Waals surface area contributed by atoms with Crippen LogP contribution in [0.15, 0.2) is 28.4 Å². The summed E-state index contributed by atoms with van der Waals surface area (Å²) in [7, 11) is 0. The van der Waals surface area contributed by atoms with Gasteiger partial charge in [-0.1, -0.05) is 11.6 Å². The molecule has 110 valence electrons. The molecular weight excluding hydrogens is 311 g/mol. The maximum Gasteiger partial charge on any atom is 0.418 e. The number of imide groups is 1. The summed E-state index contributed by atoms with van der Waals surface area (Å²) in [5, 5.41) is 7.08. The second-order valence-electron chi connectivity index (χ2n) is 4.66. The number of nitrogens with zero attached hydrogens (tertiary/aromatic N) is 3. The summed E-state index contributed by atoms with van der Waals surface area (Å²) in [6, 6.07) is 1.88. The van der Waals surface area contributed by atoms with Gasteiger partial charge in [-0.3, -0.25) is 9.59 Å². The third-order valence-corrected chi connectivity index (χ3v) is 3.62. The van der Waals surface area contributed by atoms with E-state index in [4.69, 9.17) is 11.6 Å². The molecule has 9 heteroatoms. The Morgan fingerprint density at radius 2 is 1.95 bits per heavy atom. The largest absolute Gasteiger partial charge is 0.418 e. The van der Waals surface area contributed by atoms with E-state index in [1.807, 2.05) is 0 Å². The smallest absolute Gasteiger partial charge is 0.274 e. The standard InChI is InChI=1S/C12H7ClF3N3O2/c13-5-1-2-8(7(3-5)12(14,15)16)19-10(20)6-4-17-18-9(6)11(19)21/h1-3,6,9H,4H2/t6-,9-/m0/s1. The highest BCUT2D eigenvalue weighted by Gasteiger charge is 2.52. The molecule has 2 atom stereocenters. The molecule has 0 spiro atoms. The first-order valence-electron chi connectivity index (χ1n) is 5.92. The molecule has 0 aromatic heterocycles. The van der Waals surface area contributed by atoms with E-state index in [0.29, 0.717) is 11.0 Å². The van der Waals surface area contributed by atoms with Crippen LogP contribution in [-0.4, -0.2) is 24.4 Å². The van der Waals surface area contributed by atoms with Gasteiger partial charge < -0.3 is 0 Å². The Morgan fingerprint density at radius 1 is 1.24 bits per heavy atom. The Morgan fingerprint density at radius 3 is 2.57 bits per heavy atom. The maximum absolute atomic E-state index is 13.1. The number of amides is 2. The highest BCUT2D eigenvalue weighted by molar-refractivity contribution is 6.31. The number of anilines is 1. The van der Waals surface area contributed by atoms with Crippen LogP contribution in [0, 0.1) is 5.92 Å². The van der Waals surface area contributed by atoms with Crippen LogP contribution in [0.2, 0.25) is 5.02 Å². The fourth-order valence-electron chi connectivity index (χ4n) is 2.41. The van der Waals surface area contributed by atoms with Crippen molar-refractivity contribution >= 4 is 29.1 Å². The van der Waals surface area contributed by atoms with E-state index < -0.39 is 41.2 Å². The number of carbonyl (C=O) groups is 2. The molecule has 1 aromatic carbocycles. The molecule has 1 fully saturated rings. The first-order chi connectivity index (χ1) is 9.80. The van der Waals surface area contributed by atoms with E-state index in [1.54, 1.807) is 0 Å². The van der Waals surface area contributed by atoms with E-state index in [1.165, 1.54) is 6.07 Å². The number of hydrogen-bond acceptors (Lipinski definition) is 4. The van der Waals surface area contributed by atoms with Crippen molar-refractivity contribution in [1.29, 1.82) is 0 Å². The summed E-state index contributed by atoms with van der Waals surface area (Å²) >= 11 is 5.58. The third kappa shape index (κ3) is 2.10. The van der Waals surface area contributed by atoms with Crippen molar-refractivity contribution in [2.75, 3.05) is 11.4 Å². The second kappa shape index (κ2) is 4.52. The number of hydrogen-bond donors (Lipinski definition) is 0. The first-order valence-corrected chi connectivity index (χ1v) is 6.29. The molecule has 3 rings (SSSR count). The summed E-state index contributed by atoms with van der Waals surface area (Å²) in [4.78, 5) is 24.8. The number of carbonyl (C=O) groups excluding carboxylic acids is 2. The van der Waals surface area contributed by atoms with Crippen LogP contribution < -0.4 is 4.90 Å². The average molecular weight is 318 g/mol. The quantitative estimate of drug-likeness (QED) is 0.748.